The van der Waals surface area contributed by atoms with Crippen LogP contribution in [-0.4, -0.2) is 0 Å². The average molecular weight is 409 g/mol. The van der Waals surface area contributed by atoms with Crippen molar-refractivity contribution >= 4 is 0 Å². The highest BCUT2D eigenvalue weighted by Crippen LogP contribution is 2.27. The van der Waals surface area contributed by atoms with E-state index in [9.17, 15) is 0 Å². The van der Waals surface area contributed by atoms with Gasteiger partial charge in [-0.3, -0.25) is 0 Å². The van der Waals surface area contributed by atoms with E-state index in [4.69, 9.17) is 0 Å². The fourth-order valence-corrected chi connectivity index (χ4v) is 5.16. The molecular weight excluding hydrogens is 348 g/mol. The average Bonchev–Trinajstić information content (AvgIpc) is 2.72. The first-order chi connectivity index (χ1) is 14.3. The molecule has 0 bridgehead atoms. The first kappa shape index (κ1) is 29.0. The molecule has 0 fully saturated rings. The molecule has 0 amide bonds. The highest BCUT2D eigenvalue weighted by Gasteiger charge is 2.11. The SMILES string of the molecule is CCCCCCCCCC(CCC)CCCC(CCC)CCCCCCCCC. The summed E-state index contributed by atoms with van der Waals surface area (Å²) in [6.45, 7) is 9.40. The van der Waals surface area contributed by atoms with E-state index in [-0.39, 0.29) is 0 Å². The van der Waals surface area contributed by atoms with E-state index in [0.717, 1.165) is 11.8 Å². The Morgan fingerprint density at radius 2 is 0.586 bits per heavy atom. The van der Waals surface area contributed by atoms with E-state index in [1.165, 1.54) is 148 Å². The molecule has 0 aromatic carbocycles. The van der Waals surface area contributed by atoms with Crippen LogP contribution in [0.5, 0.6) is 0 Å². The maximum absolute atomic E-state index is 2.39. The van der Waals surface area contributed by atoms with Crippen molar-refractivity contribution in [2.45, 2.75) is 175 Å². The predicted octanol–water partition coefficient (Wildman–Crippen LogP) is 11.3. The maximum Gasteiger partial charge on any atom is -0.0414 e. The van der Waals surface area contributed by atoms with Crippen LogP contribution in [0, 0.1) is 11.8 Å². The lowest BCUT2D eigenvalue weighted by molar-refractivity contribution is 0.335. The van der Waals surface area contributed by atoms with Gasteiger partial charge in [0.05, 0.1) is 0 Å². The summed E-state index contributed by atoms with van der Waals surface area (Å²) in [5.41, 5.74) is 0. The summed E-state index contributed by atoms with van der Waals surface area (Å²) < 4.78 is 0. The number of hydrogen-bond donors (Lipinski definition) is 0. The van der Waals surface area contributed by atoms with Gasteiger partial charge in [0.2, 0.25) is 0 Å². The molecule has 0 rings (SSSR count). The van der Waals surface area contributed by atoms with Crippen molar-refractivity contribution < 1.29 is 0 Å². The minimum absolute atomic E-state index is 1.02. The monoisotopic (exact) mass is 408 g/mol. The van der Waals surface area contributed by atoms with Gasteiger partial charge in [-0.1, -0.05) is 175 Å². The second-order valence-corrected chi connectivity index (χ2v) is 10.1. The quantitative estimate of drug-likeness (QED) is 0.139. The van der Waals surface area contributed by atoms with Crippen LogP contribution in [0.3, 0.4) is 0 Å². The van der Waals surface area contributed by atoms with E-state index in [1.54, 1.807) is 0 Å². The molecule has 0 aliphatic heterocycles. The van der Waals surface area contributed by atoms with Crippen molar-refractivity contribution in [2.75, 3.05) is 0 Å². The molecule has 0 spiro atoms. The molecule has 0 radical (unpaired) electrons. The van der Waals surface area contributed by atoms with E-state index in [1.807, 2.05) is 0 Å². The molecule has 0 aliphatic rings. The van der Waals surface area contributed by atoms with Crippen molar-refractivity contribution in [3.63, 3.8) is 0 Å². The van der Waals surface area contributed by atoms with Crippen LogP contribution in [-0.2, 0) is 0 Å². The lowest BCUT2D eigenvalue weighted by Gasteiger charge is -2.20. The van der Waals surface area contributed by atoms with Gasteiger partial charge in [0, 0.05) is 0 Å². The molecule has 0 heterocycles. The summed E-state index contributed by atoms with van der Waals surface area (Å²) in [4.78, 5) is 0. The fourth-order valence-electron chi connectivity index (χ4n) is 5.16. The van der Waals surface area contributed by atoms with E-state index in [2.05, 4.69) is 27.7 Å². The molecule has 0 aromatic rings. The Balaban J connectivity index is 3.85. The van der Waals surface area contributed by atoms with Crippen LogP contribution in [0.4, 0.5) is 0 Å². The van der Waals surface area contributed by atoms with Gasteiger partial charge in [-0.15, -0.1) is 0 Å². The number of hydrogen-bond acceptors (Lipinski definition) is 0. The van der Waals surface area contributed by atoms with E-state index < -0.39 is 0 Å². The second-order valence-electron chi connectivity index (χ2n) is 10.1. The Morgan fingerprint density at radius 1 is 0.276 bits per heavy atom. The van der Waals surface area contributed by atoms with Crippen LogP contribution in [0.15, 0.2) is 0 Å². The first-order valence-corrected chi connectivity index (χ1v) is 14.3. The molecule has 2 atom stereocenters. The fraction of sp³-hybridized carbons (Fsp3) is 1.00. The van der Waals surface area contributed by atoms with Gasteiger partial charge in [-0.25, -0.2) is 0 Å². The Hall–Kier alpha value is 0. The van der Waals surface area contributed by atoms with Crippen molar-refractivity contribution in [3.05, 3.63) is 0 Å². The molecule has 0 saturated carbocycles. The lowest BCUT2D eigenvalue weighted by atomic mass is 9.86. The molecule has 0 aromatic heterocycles. The van der Waals surface area contributed by atoms with Gasteiger partial charge >= 0.3 is 0 Å². The van der Waals surface area contributed by atoms with Crippen LogP contribution < -0.4 is 0 Å². The normalized spacial score (nSPS) is 13.7. The predicted molar refractivity (Wildman–Crippen MR) is 136 cm³/mol. The van der Waals surface area contributed by atoms with Crippen LogP contribution >= 0.6 is 0 Å². The maximum atomic E-state index is 2.39. The topological polar surface area (TPSA) is 0 Å². The van der Waals surface area contributed by atoms with Gasteiger partial charge < -0.3 is 0 Å². The molecule has 0 saturated heterocycles. The highest BCUT2D eigenvalue weighted by atomic mass is 14.2. The Labute approximate surface area is 187 Å². The number of rotatable bonds is 24. The second kappa shape index (κ2) is 24.3. The molecule has 0 heteroatoms. The molecule has 0 aliphatic carbocycles. The summed E-state index contributed by atoms with van der Waals surface area (Å²) in [6, 6.07) is 0. The van der Waals surface area contributed by atoms with Gasteiger partial charge in [0.15, 0.2) is 0 Å². The zero-order valence-corrected chi connectivity index (χ0v) is 21.4. The Bertz CT molecular complexity index is 254. The van der Waals surface area contributed by atoms with Gasteiger partial charge in [-0.05, 0) is 11.8 Å². The summed E-state index contributed by atoms with van der Waals surface area (Å²) >= 11 is 0. The van der Waals surface area contributed by atoms with Crippen LogP contribution in [0.1, 0.15) is 175 Å². The summed E-state index contributed by atoms with van der Waals surface area (Å²) in [5, 5.41) is 0. The standard InChI is InChI=1S/C29H60/c1-5-9-11-13-15-17-19-24-28(22-7-3)26-21-27-29(23-8-4)25-20-18-16-14-12-10-6-2/h28-29H,5-27H2,1-4H3. The molecule has 29 heavy (non-hydrogen) atoms. The Morgan fingerprint density at radius 3 is 0.931 bits per heavy atom. The minimum atomic E-state index is 1.02. The van der Waals surface area contributed by atoms with Gasteiger partial charge in [-0.2, -0.15) is 0 Å². The third-order valence-electron chi connectivity index (χ3n) is 7.05. The van der Waals surface area contributed by atoms with Crippen molar-refractivity contribution in [1.29, 1.82) is 0 Å². The van der Waals surface area contributed by atoms with Gasteiger partial charge in [0.25, 0.3) is 0 Å². The molecule has 176 valence electrons. The molecule has 0 nitrogen and oxygen atoms in total. The lowest BCUT2D eigenvalue weighted by Crippen LogP contribution is -2.05. The smallest absolute Gasteiger partial charge is 0.0414 e. The third kappa shape index (κ3) is 21.0. The molecule has 2 unspecified atom stereocenters. The van der Waals surface area contributed by atoms with Crippen molar-refractivity contribution in [3.8, 4) is 0 Å². The zero-order valence-electron chi connectivity index (χ0n) is 21.4. The van der Waals surface area contributed by atoms with Crippen molar-refractivity contribution in [1.82, 2.24) is 0 Å². The van der Waals surface area contributed by atoms with Crippen molar-refractivity contribution in [2.24, 2.45) is 11.8 Å². The first-order valence-electron chi connectivity index (χ1n) is 14.3. The van der Waals surface area contributed by atoms with Gasteiger partial charge in [0.1, 0.15) is 0 Å². The largest absolute Gasteiger partial charge is 0.0654 e. The van der Waals surface area contributed by atoms with E-state index >= 15 is 0 Å². The molecule has 0 N–H and O–H groups in total. The minimum Gasteiger partial charge on any atom is -0.0654 e. The summed E-state index contributed by atoms with van der Waals surface area (Å²) in [7, 11) is 0. The van der Waals surface area contributed by atoms with E-state index in [0.29, 0.717) is 0 Å². The molecular formula is C29H60. The summed E-state index contributed by atoms with van der Waals surface area (Å²) in [5.74, 6) is 2.05. The number of unbranched alkanes of at least 4 members (excludes halogenated alkanes) is 12. The Kier molecular flexibility index (Phi) is 24.3. The third-order valence-corrected chi connectivity index (χ3v) is 7.05. The zero-order chi connectivity index (χ0) is 21.4. The van der Waals surface area contributed by atoms with Crippen LogP contribution in [0.25, 0.3) is 0 Å². The highest BCUT2D eigenvalue weighted by molar-refractivity contribution is 4.65. The summed E-state index contributed by atoms with van der Waals surface area (Å²) in [6.07, 6.45) is 33.7. The van der Waals surface area contributed by atoms with Crippen LogP contribution in [0.2, 0.25) is 0 Å².